The summed E-state index contributed by atoms with van der Waals surface area (Å²) in [5.41, 5.74) is 0. The van der Waals surface area contributed by atoms with Crippen molar-refractivity contribution in [1.29, 1.82) is 0 Å². The van der Waals surface area contributed by atoms with Crippen LogP contribution in [0.2, 0.25) is 0 Å². The van der Waals surface area contributed by atoms with Gasteiger partial charge in [-0.2, -0.15) is 0 Å². The molecule has 0 heterocycles. The van der Waals surface area contributed by atoms with Gasteiger partial charge in [0, 0.05) is 0 Å². The van der Waals surface area contributed by atoms with Gasteiger partial charge in [-0.3, -0.25) is 0 Å². The van der Waals surface area contributed by atoms with Gasteiger partial charge < -0.3 is 10.2 Å². The van der Waals surface area contributed by atoms with Crippen LogP contribution >= 0.6 is 0 Å². The predicted molar refractivity (Wildman–Crippen MR) is 55.5 cm³/mol. The van der Waals surface area contributed by atoms with Crippen molar-refractivity contribution in [2.75, 3.05) is 33.7 Å². The number of hydrogen-bond donors (Lipinski definition) is 1. The van der Waals surface area contributed by atoms with Gasteiger partial charge in [-0.25, -0.2) is 0 Å². The molecule has 0 aromatic rings. The molecule has 74 valence electrons. The Morgan fingerprint density at radius 1 is 1.33 bits per heavy atom. The van der Waals surface area contributed by atoms with Gasteiger partial charge >= 0.3 is 0 Å². The van der Waals surface area contributed by atoms with Crippen molar-refractivity contribution in [2.45, 2.75) is 26.7 Å². The summed E-state index contributed by atoms with van der Waals surface area (Å²) in [4.78, 5) is 2.23. The van der Waals surface area contributed by atoms with Gasteiger partial charge in [0.2, 0.25) is 0 Å². The molecule has 0 unspecified atom stereocenters. The minimum atomic E-state index is 0.823. The molecule has 0 spiro atoms. The molecule has 0 aliphatic rings. The van der Waals surface area contributed by atoms with Crippen LogP contribution in [0.3, 0.4) is 0 Å². The molecule has 0 aromatic heterocycles. The van der Waals surface area contributed by atoms with Crippen LogP contribution < -0.4 is 5.32 Å². The van der Waals surface area contributed by atoms with Crippen molar-refractivity contribution >= 4 is 0 Å². The molecule has 2 heteroatoms. The Labute approximate surface area is 77.3 Å². The van der Waals surface area contributed by atoms with E-state index in [1.165, 1.54) is 25.9 Å². The van der Waals surface area contributed by atoms with E-state index in [1.54, 1.807) is 0 Å². The minimum Gasteiger partial charge on any atom is -0.316 e. The third-order valence-electron chi connectivity index (χ3n) is 2.15. The van der Waals surface area contributed by atoms with E-state index in [0.717, 1.165) is 12.5 Å². The van der Waals surface area contributed by atoms with Crippen LogP contribution in [-0.2, 0) is 0 Å². The van der Waals surface area contributed by atoms with E-state index in [-0.39, 0.29) is 0 Å². The fraction of sp³-hybridized carbons (Fsp3) is 1.00. The van der Waals surface area contributed by atoms with Crippen LogP contribution in [-0.4, -0.2) is 38.6 Å². The van der Waals surface area contributed by atoms with Gasteiger partial charge in [0.25, 0.3) is 0 Å². The Morgan fingerprint density at radius 2 is 2.00 bits per heavy atom. The summed E-state index contributed by atoms with van der Waals surface area (Å²) in [6, 6.07) is 0. The van der Waals surface area contributed by atoms with Crippen molar-refractivity contribution in [3.8, 4) is 0 Å². The van der Waals surface area contributed by atoms with Crippen LogP contribution in [0.4, 0.5) is 0 Å². The van der Waals surface area contributed by atoms with E-state index in [4.69, 9.17) is 0 Å². The molecule has 1 atom stereocenters. The lowest BCUT2D eigenvalue weighted by atomic mass is 10.1. The average Bonchev–Trinajstić information content (AvgIpc) is 2.03. The Bertz CT molecular complexity index is 91.8. The van der Waals surface area contributed by atoms with Crippen LogP contribution in [0, 0.1) is 5.92 Å². The van der Waals surface area contributed by atoms with E-state index < -0.39 is 0 Å². The van der Waals surface area contributed by atoms with Crippen molar-refractivity contribution in [1.82, 2.24) is 10.2 Å². The van der Waals surface area contributed by atoms with Crippen molar-refractivity contribution < 1.29 is 0 Å². The van der Waals surface area contributed by atoms with Crippen LogP contribution in [0.1, 0.15) is 26.7 Å². The number of rotatable bonds is 7. The van der Waals surface area contributed by atoms with Gasteiger partial charge in [-0.15, -0.1) is 0 Å². The van der Waals surface area contributed by atoms with E-state index in [2.05, 4.69) is 38.2 Å². The number of nitrogens with one attached hydrogen (secondary N) is 1. The van der Waals surface area contributed by atoms with Crippen molar-refractivity contribution in [3.05, 3.63) is 0 Å². The van der Waals surface area contributed by atoms with Crippen molar-refractivity contribution in [3.63, 3.8) is 0 Å². The molecule has 0 rings (SSSR count). The fourth-order valence-electron chi connectivity index (χ4n) is 1.01. The molecule has 12 heavy (non-hydrogen) atoms. The Morgan fingerprint density at radius 3 is 2.50 bits per heavy atom. The summed E-state index contributed by atoms with van der Waals surface area (Å²) in [5.74, 6) is 0.823. The Kier molecular flexibility index (Phi) is 7.51. The molecule has 2 nitrogen and oxygen atoms in total. The van der Waals surface area contributed by atoms with Gasteiger partial charge in [0.05, 0.1) is 0 Å². The standard InChI is InChI=1S/C10H24N2/c1-5-10(2)9-11-7-6-8-12(3)4/h10-11H,5-9H2,1-4H3/t10-/m1/s1. The second-order valence-electron chi connectivity index (χ2n) is 3.87. The van der Waals surface area contributed by atoms with E-state index in [9.17, 15) is 0 Å². The van der Waals surface area contributed by atoms with E-state index >= 15 is 0 Å². The third kappa shape index (κ3) is 8.02. The summed E-state index contributed by atoms with van der Waals surface area (Å²) in [7, 11) is 4.24. The van der Waals surface area contributed by atoms with Gasteiger partial charge in [0.15, 0.2) is 0 Å². The van der Waals surface area contributed by atoms with Crippen molar-refractivity contribution in [2.24, 2.45) is 5.92 Å². The van der Waals surface area contributed by atoms with Crippen LogP contribution in [0.15, 0.2) is 0 Å². The molecule has 0 saturated carbocycles. The molecule has 0 saturated heterocycles. The fourth-order valence-corrected chi connectivity index (χ4v) is 1.01. The first-order chi connectivity index (χ1) is 5.66. The lowest BCUT2D eigenvalue weighted by molar-refractivity contribution is 0.389. The third-order valence-corrected chi connectivity index (χ3v) is 2.15. The first kappa shape index (κ1) is 11.9. The second kappa shape index (κ2) is 7.56. The maximum Gasteiger partial charge on any atom is -0.00127 e. The number of nitrogens with zero attached hydrogens (tertiary/aromatic N) is 1. The zero-order valence-corrected chi connectivity index (χ0v) is 9.06. The van der Waals surface area contributed by atoms with Crippen LogP contribution in [0.25, 0.3) is 0 Å². The largest absolute Gasteiger partial charge is 0.316 e. The highest BCUT2D eigenvalue weighted by molar-refractivity contribution is 4.55. The Balaban J connectivity index is 3.00. The number of hydrogen-bond acceptors (Lipinski definition) is 2. The zero-order chi connectivity index (χ0) is 9.40. The SMILES string of the molecule is CC[C@@H](C)CNCCCN(C)C. The summed E-state index contributed by atoms with van der Waals surface area (Å²) in [6.07, 6.45) is 2.53. The molecule has 0 bridgehead atoms. The van der Waals surface area contributed by atoms with E-state index in [0.29, 0.717) is 0 Å². The average molecular weight is 172 g/mol. The summed E-state index contributed by atoms with van der Waals surface area (Å²) < 4.78 is 0. The highest BCUT2D eigenvalue weighted by Crippen LogP contribution is 1.96. The quantitative estimate of drug-likeness (QED) is 0.586. The molecular weight excluding hydrogens is 148 g/mol. The molecule has 0 amide bonds. The summed E-state index contributed by atoms with van der Waals surface area (Å²) in [5, 5.41) is 3.46. The molecule has 0 aliphatic heterocycles. The lowest BCUT2D eigenvalue weighted by Crippen LogP contribution is -2.25. The highest BCUT2D eigenvalue weighted by atomic mass is 15.0. The molecule has 0 fully saturated rings. The first-order valence-electron chi connectivity index (χ1n) is 5.02. The van der Waals surface area contributed by atoms with Gasteiger partial charge in [0.1, 0.15) is 0 Å². The topological polar surface area (TPSA) is 15.3 Å². The normalized spacial score (nSPS) is 13.8. The monoisotopic (exact) mass is 172 g/mol. The molecular formula is C10H24N2. The lowest BCUT2D eigenvalue weighted by Gasteiger charge is -2.12. The minimum absolute atomic E-state index is 0.823. The zero-order valence-electron chi connectivity index (χ0n) is 9.06. The maximum atomic E-state index is 3.46. The van der Waals surface area contributed by atoms with Crippen LogP contribution in [0.5, 0.6) is 0 Å². The first-order valence-corrected chi connectivity index (χ1v) is 5.02. The highest BCUT2D eigenvalue weighted by Gasteiger charge is 1.96. The maximum absolute atomic E-state index is 3.46. The van der Waals surface area contributed by atoms with Gasteiger partial charge in [-0.05, 0) is 46.1 Å². The van der Waals surface area contributed by atoms with E-state index in [1.807, 2.05) is 0 Å². The predicted octanol–water partition coefficient (Wildman–Crippen LogP) is 1.57. The summed E-state index contributed by atoms with van der Waals surface area (Å²) in [6.45, 7) is 8.05. The molecule has 1 N–H and O–H groups in total. The molecule has 0 radical (unpaired) electrons. The summed E-state index contributed by atoms with van der Waals surface area (Å²) >= 11 is 0. The molecule has 0 aromatic carbocycles. The second-order valence-corrected chi connectivity index (χ2v) is 3.87. The Hall–Kier alpha value is -0.0800. The molecule has 0 aliphatic carbocycles. The smallest absolute Gasteiger partial charge is 0.00127 e. The van der Waals surface area contributed by atoms with Gasteiger partial charge in [-0.1, -0.05) is 20.3 Å².